The molecule has 2 heterocycles. The molecule has 36 heavy (non-hydrogen) atoms. The normalized spacial score (nSPS) is 21.7. The average Bonchev–Trinajstić information content (AvgIpc) is 3.44. The fourth-order valence-electron chi connectivity index (χ4n) is 5.09. The zero-order valence-corrected chi connectivity index (χ0v) is 21.0. The van der Waals surface area contributed by atoms with Gasteiger partial charge in [0.1, 0.15) is 0 Å². The van der Waals surface area contributed by atoms with E-state index >= 15 is 0 Å². The molecule has 0 aliphatic carbocycles. The van der Waals surface area contributed by atoms with Crippen LogP contribution in [0.4, 0.5) is 0 Å². The Labute approximate surface area is 216 Å². The number of nitrogens with two attached hydrogens (primary N) is 1. The smallest absolute Gasteiger partial charge is 0.261 e. The summed E-state index contributed by atoms with van der Waals surface area (Å²) in [5.41, 5.74) is 8.90. The van der Waals surface area contributed by atoms with Crippen molar-refractivity contribution in [2.75, 3.05) is 19.6 Å². The van der Waals surface area contributed by atoms with Crippen molar-refractivity contribution >= 4 is 29.4 Å². The monoisotopic (exact) mass is 500 g/mol. The molecule has 0 saturated carbocycles. The Balaban J connectivity index is 1.27. The molecule has 3 aromatic carbocycles. The molecule has 1 unspecified atom stereocenters. The first-order chi connectivity index (χ1) is 17.3. The van der Waals surface area contributed by atoms with E-state index in [0.717, 1.165) is 28.7 Å². The number of benzene rings is 3. The van der Waals surface area contributed by atoms with Gasteiger partial charge in [0.15, 0.2) is 11.5 Å². The maximum atomic E-state index is 13.6. The van der Waals surface area contributed by atoms with Gasteiger partial charge in [-0.25, -0.2) is 4.99 Å². The third-order valence-corrected chi connectivity index (χ3v) is 7.37. The van der Waals surface area contributed by atoms with Gasteiger partial charge in [0.2, 0.25) is 5.91 Å². The number of carbonyl (C=O) groups is 2. The zero-order chi connectivity index (χ0) is 25.3. The first-order valence-corrected chi connectivity index (χ1v) is 12.6. The Morgan fingerprint density at radius 2 is 1.78 bits per heavy atom. The van der Waals surface area contributed by atoms with E-state index in [1.165, 1.54) is 0 Å². The minimum atomic E-state index is -1.10. The number of aliphatic imine (C=N–C) groups is 1. The topological polar surface area (TPSA) is 79.0 Å². The Hall–Kier alpha value is -3.64. The van der Waals surface area contributed by atoms with Crippen LogP contribution in [0.25, 0.3) is 11.1 Å². The number of halogens is 1. The van der Waals surface area contributed by atoms with Crippen molar-refractivity contribution in [1.29, 1.82) is 0 Å². The van der Waals surface area contributed by atoms with Crippen LogP contribution < -0.4 is 5.73 Å². The number of nitrogens with zero attached hydrogens (tertiary/aromatic N) is 3. The van der Waals surface area contributed by atoms with Crippen LogP contribution in [0.2, 0.25) is 5.02 Å². The van der Waals surface area contributed by atoms with Crippen LogP contribution in [0.5, 0.6) is 0 Å². The quantitative estimate of drug-likeness (QED) is 0.542. The number of hydrogen-bond acceptors (Lipinski definition) is 4. The molecule has 2 amide bonds. The van der Waals surface area contributed by atoms with Gasteiger partial charge in [0, 0.05) is 24.7 Å². The summed E-state index contributed by atoms with van der Waals surface area (Å²) in [6.07, 6.45) is 1.22. The first kappa shape index (κ1) is 24.1. The van der Waals surface area contributed by atoms with Crippen LogP contribution in [0.3, 0.4) is 0 Å². The highest BCUT2D eigenvalue weighted by molar-refractivity contribution is 6.30. The van der Waals surface area contributed by atoms with Gasteiger partial charge in [-0.3, -0.25) is 14.5 Å². The molecule has 2 aliphatic rings. The molecule has 5 rings (SSSR count). The summed E-state index contributed by atoms with van der Waals surface area (Å²) in [7, 11) is 0. The van der Waals surface area contributed by atoms with Gasteiger partial charge in [0.05, 0.1) is 6.42 Å². The lowest BCUT2D eigenvalue weighted by Gasteiger charge is -2.25. The number of hydrogen-bond donors (Lipinski definition) is 1. The lowest BCUT2D eigenvalue weighted by molar-refractivity contribution is -0.131. The second-order valence-corrected chi connectivity index (χ2v) is 10.1. The van der Waals surface area contributed by atoms with Crippen molar-refractivity contribution in [2.24, 2.45) is 16.6 Å². The summed E-state index contributed by atoms with van der Waals surface area (Å²) >= 11 is 6.18. The van der Waals surface area contributed by atoms with Gasteiger partial charge >= 0.3 is 0 Å². The molecular weight excluding hydrogens is 472 g/mol. The highest BCUT2D eigenvalue weighted by Crippen LogP contribution is 2.36. The SMILES string of the molecule is C[C@@]1(c2cccc(-c3cccc(Cl)c3)c2)N=C(N)N(CC2CCN(C(=O)Cc3ccccc3)C2)C1=O. The molecule has 0 spiro atoms. The van der Waals surface area contributed by atoms with Crippen LogP contribution in [-0.4, -0.2) is 47.2 Å². The third kappa shape index (κ3) is 4.73. The van der Waals surface area contributed by atoms with E-state index in [1.807, 2.05) is 90.7 Å². The van der Waals surface area contributed by atoms with E-state index in [2.05, 4.69) is 4.99 Å². The number of amides is 2. The van der Waals surface area contributed by atoms with Crippen LogP contribution in [0.15, 0.2) is 83.9 Å². The zero-order valence-electron chi connectivity index (χ0n) is 20.2. The van der Waals surface area contributed by atoms with Gasteiger partial charge < -0.3 is 10.6 Å². The van der Waals surface area contributed by atoms with E-state index in [9.17, 15) is 9.59 Å². The summed E-state index contributed by atoms with van der Waals surface area (Å²) in [6.45, 7) is 3.56. The molecule has 0 radical (unpaired) electrons. The molecule has 0 aromatic heterocycles. The molecular formula is C29H29ClN4O2. The molecule has 7 heteroatoms. The van der Waals surface area contributed by atoms with E-state index in [0.29, 0.717) is 31.1 Å². The van der Waals surface area contributed by atoms with E-state index in [-0.39, 0.29) is 23.7 Å². The van der Waals surface area contributed by atoms with E-state index in [4.69, 9.17) is 17.3 Å². The van der Waals surface area contributed by atoms with Crippen molar-refractivity contribution in [2.45, 2.75) is 25.3 Å². The summed E-state index contributed by atoms with van der Waals surface area (Å²) in [5.74, 6) is 0.352. The van der Waals surface area contributed by atoms with Crippen molar-refractivity contribution in [3.63, 3.8) is 0 Å². The molecule has 2 atom stereocenters. The minimum Gasteiger partial charge on any atom is -0.369 e. The maximum Gasteiger partial charge on any atom is 0.261 e. The van der Waals surface area contributed by atoms with Crippen LogP contribution >= 0.6 is 11.6 Å². The van der Waals surface area contributed by atoms with Crippen LogP contribution in [-0.2, 0) is 21.5 Å². The largest absolute Gasteiger partial charge is 0.369 e. The highest BCUT2D eigenvalue weighted by Gasteiger charge is 2.46. The molecule has 3 aromatic rings. The average molecular weight is 501 g/mol. The standard InChI is InChI=1S/C29H29ClN4O2/c1-29(24-11-5-9-22(16-24)23-10-6-12-25(30)17-23)27(36)34(28(31)32-29)19-21-13-14-33(18-21)26(35)15-20-7-3-2-4-8-20/h2-12,16-17,21H,13-15,18-19H2,1H3,(H2,31,32)/t21?,29-/m0/s1. The number of likely N-dealkylation sites (tertiary alicyclic amines) is 1. The van der Waals surface area contributed by atoms with Crippen LogP contribution in [0, 0.1) is 5.92 Å². The van der Waals surface area contributed by atoms with Gasteiger partial charge in [0.25, 0.3) is 5.91 Å². The molecule has 184 valence electrons. The van der Waals surface area contributed by atoms with E-state index < -0.39 is 5.54 Å². The van der Waals surface area contributed by atoms with Gasteiger partial charge in [-0.05, 0) is 59.7 Å². The number of rotatable bonds is 6. The second kappa shape index (κ2) is 9.78. The van der Waals surface area contributed by atoms with Crippen molar-refractivity contribution < 1.29 is 9.59 Å². The van der Waals surface area contributed by atoms with Crippen molar-refractivity contribution in [3.8, 4) is 11.1 Å². The minimum absolute atomic E-state index is 0.112. The predicted molar refractivity (Wildman–Crippen MR) is 142 cm³/mol. The van der Waals surface area contributed by atoms with Gasteiger partial charge in [-0.15, -0.1) is 0 Å². The van der Waals surface area contributed by atoms with Gasteiger partial charge in [-0.1, -0.05) is 72.3 Å². The van der Waals surface area contributed by atoms with Crippen molar-refractivity contribution in [3.05, 3.63) is 95.0 Å². The van der Waals surface area contributed by atoms with Gasteiger partial charge in [-0.2, -0.15) is 0 Å². The molecule has 0 bridgehead atoms. The third-order valence-electron chi connectivity index (χ3n) is 7.14. The summed E-state index contributed by atoms with van der Waals surface area (Å²) in [6, 6.07) is 25.2. The summed E-state index contributed by atoms with van der Waals surface area (Å²) in [4.78, 5) is 34.5. The number of guanidine groups is 1. The molecule has 6 nitrogen and oxygen atoms in total. The Kier molecular flexibility index (Phi) is 6.54. The molecule has 2 N–H and O–H groups in total. The lowest BCUT2D eigenvalue weighted by atomic mass is 9.89. The molecule has 1 saturated heterocycles. The highest BCUT2D eigenvalue weighted by atomic mass is 35.5. The fourth-order valence-corrected chi connectivity index (χ4v) is 5.28. The predicted octanol–water partition coefficient (Wildman–Crippen LogP) is 4.47. The Bertz CT molecular complexity index is 1330. The van der Waals surface area contributed by atoms with E-state index in [1.54, 1.807) is 4.90 Å². The Morgan fingerprint density at radius 3 is 2.53 bits per heavy atom. The summed E-state index contributed by atoms with van der Waals surface area (Å²) < 4.78 is 0. The maximum absolute atomic E-state index is 13.6. The first-order valence-electron chi connectivity index (χ1n) is 12.2. The van der Waals surface area contributed by atoms with Crippen molar-refractivity contribution in [1.82, 2.24) is 9.80 Å². The summed E-state index contributed by atoms with van der Waals surface area (Å²) in [5, 5.41) is 0.655. The lowest BCUT2D eigenvalue weighted by Crippen LogP contribution is -2.45. The Morgan fingerprint density at radius 1 is 1.06 bits per heavy atom. The fraction of sp³-hybridized carbons (Fsp3) is 0.276. The molecule has 2 aliphatic heterocycles. The molecule has 1 fully saturated rings. The number of carbonyl (C=O) groups excluding carboxylic acids is 2. The second-order valence-electron chi connectivity index (χ2n) is 9.71. The van der Waals surface area contributed by atoms with Crippen LogP contribution in [0.1, 0.15) is 24.5 Å².